The first-order valence-corrected chi connectivity index (χ1v) is 12.1. The molecule has 0 bridgehead atoms. The highest BCUT2D eigenvalue weighted by Gasteiger charge is 2.27. The number of methoxy groups -OCH3 is 2. The lowest BCUT2D eigenvalue weighted by atomic mass is 9.84. The lowest BCUT2D eigenvalue weighted by molar-refractivity contribution is -0.122. The Morgan fingerprint density at radius 2 is 1.57 bits per heavy atom. The third kappa shape index (κ3) is 6.25. The molecule has 0 saturated heterocycles. The van der Waals surface area contributed by atoms with Gasteiger partial charge in [-0.05, 0) is 55.8 Å². The van der Waals surface area contributed by atoms with Crippen LogP contribution >= 0.6 is 11.3 Å². The van der Waals surface area contributed by atoms with E-state index in [0.29, 0.717) is 28.3 Å². The molecule has 0 radical (unpaired) electrons. The van der Waals surface area contributed by atoms with E-state index in [2.05, 4.69) is 5.32 Å². The van der Waals surface area contributed by atoms with Crippen molar-refractivity contribution in [3.05, 3.63) is 88.8 Å². The van der Waals surface area contributed by atoms with Gasteiger partial charge in [0.05, 0.1) is 25.2 Å². The van der Waals surface area contributed by atoms with Gasteiger partial charge in [-0.15, -0.1) is 11.3 Å². The van der Waals surface area contributed by atoms with E-state index < -0.39 is 17.3 Å². The van der Waals surface area contributed by atoms with Crippen molar-refractivity contribution in [1.29, 1.82) is 0 Å². The van der Waals surface area contributed by atoms with Crippen molar-refractivity contribution in [2.75, 3.05) is 19.5 Å². The number of carbonyl (C=O) groups excluding carboxylic acids is 2. The van der Waals surface area contributed by atoms with E-state index in [1.807, 2.05) is 24.3 Å². The fourth-order valence-electron chi connectivity index (χ4n) is 3.44. The largest absolute Gasteiger partial charge is 0.493 e. The third-order valence-corrected chi connectivity index (χ3v) is 6.80. The number of aromatic carboxylic acids is 1. The Morgan fingerprint density at radius 1 is 0.919 bits per heavy atom. The molecule has 192 valence electrons. The Kier molecular flexibility index (Phi) is 8.52. The summed E-state index contributed by atoms with van der Waals surface area (Å²) in [6.07, 6.45) is 0. The molecule has 1 heterocycles. The molecule has 0 spiro atoms. The summed E-state index contributed by atoms with van der Waals surface area (Å²) in [6.45, 7) is 3.51. The number of carbonyl (C=O) groups is 3. The van der Waals surface area contributed by atoms with Crippen molar-refractivity contribution in [2.45, 2.75) is 19.3 Å². The monoisotopic (exact) mass is 520 g/mol. The van der Waals surface area contributed by atoms with Crippen LogP contribution in [0, 0.1) is 0 Å². The average Bonchev–Trinajstić information content (AvgIpc) is 3.33. The number of rotatable bonds is 7. The van der Waals surface area contributed by atoms with Crippen molar-refractivity contribution in [1.82, 2.24) is 0 Å². The predicted octanol–water partition coefficient (Wildman–Crippen LogP) is 5.32. The van der Waals surface area contributed by atoms with Gasteiger partial charge in [-0.25, -0.2) is 4.79 Å². The lowest BCUT2D eigenvalue weighted by Gasteiger charge is -2.21. The van der Waals surface area contributed by atoms with Crippen LogP contribution in [0.1, 0.15) is 40.1 Å². The molecule has 2 amide bonds. The molecule has 0 aliphatic rings. The van der Waals surface area contributed by atoms with Gasteiger partial charge in [-0.3, -0.25) is 9.59 Å². The summed E-state index contributed by atoms with van der Waals surface area (Å²) in [7, 11) is 3.05. The first-order chi connectivity index (χ1) is 17.6. The van der Waals surface area contributed by atoms with Gasteiger partial charge in [-0.1, -0.05) is 30.3 Å². The molecule has 0 fully saturated rings. The zero-order chi connectivity index (χ0) is 27.2. The number of carboxylic acid groups (broad SMARTS) is 1. The third-order valence-electron chi connectivity index (χ3n) is 5.84. The molecular weight excluding hydrogens is 492 g/mol. The maximum Gasteiger partial charge on any atom is 0.337 e. The number of carboxylic acids is 1. The molecule has 9 heteroatoms. The fourth-order valence-corrected chi connectivity index (χ4v) is 4.37. The smallest absolute Gasteiger partial charge is 0.337 e. The van der Waals surface area contributed by atoms with E-state index in [1.165, 1.54) is 25.6 Å². The summed E-state index contributed by atoms with van der Waals surface area (Å²) in [5.74, 6) is -0.504. The molecule has 0 aliphatic carbocycles. The van der Waals surface area contributed by atoms with Crippen molar-refractivity contribution < 1.29 is 29.0 Å². The number of nitrogens with one attached hydrogen (secondary N) is 1. The van der Waals surface area contributed by atoms with Gasteiger partial charge >= 0.3 is 5.97 Å². The molecule has 8 nitrogen and oxygen atoms in total. The van der Waals surface area contributed by atoms with E-state index >= 15 is 0 Å². The summed E-state index contributed by atoms with van der Waals surface area (Å²) in [5, 5.41) is 14.1. The second-order valence-corrected chi connectivity index (χ2v) is 9.45. The summed E-state index contributed by atoms with van der Waals surface area (Å²) in [5.41, 5.74) is 6.88. The van der Waals surface area contributed by atoms with Gasteiger partial charge in [-0.2, -0.15) is 0 Å². The number of ether oxygens (including phenoxy) is 2. The normalized spacial score (nSPS) is 10.7. The number of nitrogens with two attached hydrogens (primary N) is 1. The zero-order valence-corrected chi connectivity index (χ0v) is 21.7. The van der Waals surface area contributed by atoms with Crippen LogP contribution < -0.4 is 20.5 Å². The Balaban J connectivity index is 0.000000262. The van der Waals surface area contributed by atoms with Crippen LogP contribution in [0.4, 0.5) is 5.69 Å². The van der Waals surface area contributed by atoms with E-state index in [0.717, 1.165) is 15.6 Å². The van der Waals surface area contributed by atoms with Crippen LogP contribution in [-0.4, -0.2) is 37.1 Å². The molecule has 0 saturated carbocycles. The van der Waals surface area contributed by atoms with Crippen LogP contribution in [0.5, 0.6) is 11.5 Å². The Morgan fingerprint density at radius 3 is 2.16 bits per heavy atom. The highest BCUT2D eigenvalue weighted by atomic mass is 32.1. The molecule has 0 aliphatic heterocycles. The van der Waals surface area contributed by atoms with Crippen LogP contribution in [0.2, 0.25) is 0 Å². The lowest BCUT2D eigenvalue weighted by Crippen LogP contribution is -2.35. The molecule has 3 aromatic carbocycles. The van der Waals surface area contributed by atoms with Crippen molar-refractivity contribution in [3.8, 4) is 11.5 Å². The van der Waals surface area contributed by atoms with Crippen LogP contribution in [0.25, 0.3) is 10.1 Å². The molecule has 1 aromatic heterocycles. The molecule has 0 atom stereocenters. The van der Waals surface area contributed by atoms with Crippen molar-refractivity contribution >= 4 is 44.9 Å². The van der Waals surface area contributed by atoms with E-state index in [4.69, 9.17) is 20.3 Å². The first-order valence-electron chi connectivity index (χ1n) is 11.2. The highest BCUT2D eigenvalue weighted by molar-refractivity contribution is 7.17. The molecule has 0 unspecified atom stereocenters. The summed E-state index contributed by atoms with van der Waals surface area (Å²) < 4.78 is 11.4. The van der Waals surface area contributed by atoms with Crippen LogP contribution in [0.3, 0.4) is 0 Å². The minimum absolute atomic E-state index is 0.275. The maximum absolute atomic E-state index is 12.4. The van der Waals surface area contributed by atoms with Gasteiger partial charge < -0.3 is 25.6 Å². The second kappa shape index (κ2) is 11.6. The molecule has 37 heavy (non-hydrogen) atoms. The first kappa shape index (κ1) is 27.2. The van der Waals surface area contributed by atoms with Gasteiger partial charge in [0.25, 0.3) is 5.91 Å². The van der Waals surface area contributed by atoms with Gasteiger partial charge in [0.15, 0.2) is 11.5 Å². The summed E-state index contributed by atoms with van der Waals surface area (Å²) >= 11 is 1.46. The molecule has 4 rings (SSSR count). The zero-order valence-electron chi connectivity index (χ0n) is 20.9. The minimum atomic E-state index is -0.854. The number of amides is 2. The van der Waals surface area contributed by atoms with Crippen molar-refractivity contribution in [2.24, 2.45) is 5.73 Å². The fraction of sp³-hybridized carbons (Fsp3) is 0.179. The van der Waals surface area contributed by atoms with E-state index in [1.54, 1.807) is 61.7 Å². The topological polar surface area (TPSA) is 128 Å². The molecule has 4 aromatic rings. The van der Waals surface area contributed by atoms with Crippen LogP contribution in [-0.2, 0) is 10.2 Å². The van der Waals surface area contributed by atoms with Gasteiger partial charge in [0, 0.05) is 26.7 Å². The average molecular weight is 521 g/mol. The Labute approximate surface area is 218 Å². The number of hydrogen-bond donors (Lipinski definition) is 3. The number of benzene rings is 3. The van der Waals surface area contributed by atoms with Gasteiger partial charge in [0.2, 0.25) is 5.91 Å². The second-order valence-electron chi connectivity index (χ2n) is 8.54. The number of anilines is 1. The molecular formula is C28H28N2O6S. The number of fused-ring (bicyclic) bond motifs is 1. The van der Waals surface area contributed by atoms with E-state index in [-0.39, 0.29) is 5.91 Å². The SMILES string of the molecule is COc1ccc(C(=O)Nc2ccc(C(C)(C)C(N)=O)cc2)cc1OC.O=C(O)c1csc2ccccc12. The standard InChI is InChI=1S/C19H22N2O4.C9H6O2S/c1-19(2,18(20)23)13-6-8-14(9-7-13)21-17(22)12-5-10-15(24-3)16(11-12)25-4;10-9(11)7-5-12-8-4-2-1-3-6(7)8/h5-11H,1-4H3,(H2,20,23)(H,21,22);1-5H,(H,10,11). The number of thiophene rings is 1. The van der Waals surface area contributed by atoms with Gasteiger partial charge in [0.1, 0.15) is 0 Å². The van der Waals surface area contributed by atoms with E-state index in [9.17, 15) is 14.4 Å². The quantitative estimate of drug-likeness (QED) is 0.303. The number of primary amides is 1. The minimum Gasteiger partial charge on any atom is -0.493 e. The van der Waals surface area contributed by atoms with Crippen LogP contribution in [0.15, 0.2) is 72.1 Å². The predicted molar refractivity (Wildman–Crippen MR) is 145 cm³/mol. The number of hydrogen-bond acceptors (Lipinski definition) is 6. The Bertz CT molecular complexity index is 1430. The summed E-state index contributed by atoms with van der Waals surface area (Å²) in [6, 6.07) is 19.5. The molecule has 4 N–H and O–H groups in total. The Hall–Kier alpha value is -4.37. The maximum atomic E-state index is 12.4. The van der Waals surface area contributed by atoms with Crippen molar-refractivity contribution in [3.63, 3.8) is 0 Å². The summed E-state index contributed by atoms with van der Waals surface area (Å²) in [4.78, 5) is 34.6. The highest BCUT2D eigenvalue weighted by Crippen LogP contribution is 2.29.